The first kappa shape index (κ1) is 12.9. The standard InChI is InChI=1S/C14H19NS2/c1-10(2)9-14(3,4)17-13-15-11-7-5-6-8-12(11)16-13/h5-8,10H,9H2,1-4H3. The molecule has 0 amide bonds. The molecule has 1 aromatic heterocycles. The van der Waals surface area contributed by atoms with E-state index >= 15 is 0 Å². The van der Waals surface area contributed by atoms with E-state index in [1.165, 1.54) is 15.5 Å². The highest BCUT2D eigenvalue weighted by atomic mass is 32.2. The van der Waals surface area contributed by atoms with Gasteiger partial charge in [-0.25, -0.2) is 4.98 Å². The summed E-state index contributed by atoms with van der Waals surface area (Å²) in [7, 11) is 0. The van der Waals surface area contributed by atoms with Gasteiger partial charge in [-0.15, -0.1) is 11.3 Å². The Hall–Kier alpha value is -0.540. The summed E-state index contributed by atoms with van der Waals surface area (Å²) in [6, 6.07) is 8.36. The Labute approximate surface area is 112 Å². The third kappa shape index (κ3) is 3.46. The van der Waals surface area contributed by atoms with Gasteiger partial charge in [0, 0.05) is 4.75 Å². The van der Waals surface area contributed by atoms with Crippen LogP contribution in [0.5, 0.6) is 0 Å². The lowest BCUT2D eigenvalue weighted by molar-refractivity contribution is 0.503. The Kier molecular flexibility index (Phi) is 3.79. The molecule has 0 aliphatic heterocycles. The van der Waals surface area contributed by atoms with Crippen molar-refractivity contribution in [3.63, 3.8) is 0 Å². The summed E-state index contributed by atoms with van der Waals surface area (Å²) < 4.78 is 2.74. The van der Waals surface area contributed by atoms with E-state index in [0.717, 1.165) is 11.4 Å². The van der Waals surface area contributed by atoms with Crippen molar-refractivity contribution in [2.75, 3.05) is 0 Å². The van der Waals surface area contributed by atoms with Gasteiger partial charge in [0.2, 0.25) is 0 Å². The first-order valence-electron chi connectivity index (χ1n) is 6.01. The molecule has 0 N–H and O–H groups in total. The lowest BCUT2D eigenvalue weighted by atomic mass is 10.0. The molecule has 0 spiro atoms. The second-order valence-electron chi connectivity index (χ2n) is 5.41. The number of benzene rings is 1. The van der Waals surface area contributed by atoms with Crippen molar-refractivity contribution in [2.45, 2.75) is 43.2 Å². The van der Waals surface area contributed by atoms with Gasteiger partial charge >= 0.3 is 0 Å². The molecule has 0 saturated carbocycles. The zero-order valence-electron chi connectivity index (χ0n) is 10.9. The highest BCUT2D eigenvalue weighted by molar-refractivity contribution is 8.02. The molecule has 1 nitrogen and oxygen atoms in total. The minimum Gasteiger partial charge on any atom is -0.230 e. The molecular weight excluding hydrogens is 246 g/mol. The Bertz CT molecular complexity index is 467. The van der Waals surface area contributed by atoms with E-state index in [0.29, 0.717) is 0 Å². The van der Waals surface area contributed by atoms with E-state index in [9.17, 15) is 0 Å². The molecule has 0 radical (unpaired) electrons. The van der Waals surface area contributed by atoms with Crippen LogP contribution in [0.4, 0.5) is 0 Å². The number of nitrogens with zero attached hydrogens (tertiary/aromatic N) is 1. The van der Waals surface area contributed by atoms with Crippen LogP contribution < -0.4 is 0 Å². The summed E-state index contributed by atoms with van der Waals surface area (Å²) in [4.78, 5) is 4.69. The van der Waals surface area contributed by atoms with Gasteiger partial charge in [0.05, 0.1) is 10.2 Å². The third-order valence-corrected chi connectivity index (χ3v) is 4.85. The van der Waals surface area contributed by atoms with Crippen molar-refractivity contribution in [3.05, 3.63) is 24.3 Å². The Balaban J connectivity index is 2.18. The van der Waals surface area contributed by atoms with Crippen molar-refractivity contribution in [1.29, 1.82) is 0 Å². The maximum absolute atomic E-state index is 4.69. The van der Waals surface area contributed by atoms with Crippen molar-refractivity contribution >= 4 is 33.3 Å². The van der Waals surface area contributed by atoms with Gasteiger partial charge in [0.25, 0.3) is 0 Å². The largest absolute Gasteiger partial charge is 0.230 e. The number of para-hydroxylation sites is 1. The average Bonchev–Trinajstić information content (AvgIpc) is 2.55. The summed E-state index contributed by atoms with van der Waals surface area (Å²) >= 11 is 3.71. The Morgan fingerprint density at radius 3 is 2.65 bits per heavy atom. The van der Waals surface area contributed by atoms with Gasteiger partial charge in [-0.2, -0.15) is 0 Å². The zero-order valence-corrected chi connectivity index (χ0v) is 12.5. The topological polar surface area (TPSA) is 12.9 Å². The van der Waals surface area contributed by atoms with E-state index in [-0.39, 0.29) is 4.75 Å². The summed E-state index contributed by atoms with van der Waals surface area (Å²) in [6.45, 7) is 9.18. The number of rotatable bonds is 4. The lowest BCUT2D eigenvalue weighted by Gasteiger charge is -2.24. The van der Waals surface area contributed by atoms with Gasteiger partial charge in [0.1, 0.15) is 0 Å². The molecule has 0 unspecified atom stereocenters. The number of hydrogen-bond acceptors (Lipinski definition) is 3. The molecule has 1 aromatic carbocycles. The highest BCUT2D eigenvalue weighted by Gasteiger charge is 2.22. The van der Waals surface area contributed by atoms with E-state index in [1.807, 2.05) is 11.8 Å². The fraction of sp³-hybridized carbons (Fsp3) is 0.500. The molecule has 0 aliphatic carbocycles. The number of fused-ring (bicyclic) bond motifs is 1. The van der Waals surface area contributed by atoms with Crippen LogP contribution in [0.3, 0.4) is 0 Å². The van der Waals surface area contributed by atoms with Crippen LogP contribution >= 0.6 is 23.1 Å². The predicted molar refractivity (Wildman–Crippen MR) is 79.0 cm³/mol. The molecule has 0 aliphatic rings. The summed E-state index contributed by atoms with van der Waals surface area (Å²) in [5, 5.41) is 0. The van der Waals surface area contributed by atoms with Crippen LogP contribution in [0.25, 0.3) is 10.2 Å². The van der Waals surface area contributed by atoms with Crippen LogP contribution in [-0.4, -0.2) is 9.73 Å². The lowest BCUT2D eigenvalue weighted by Crippen LogP contribution is -2.17. The second kappa shape index (κ2) is 4.99. The second-order valence-corrected chi connectivity index (χ2v) is 8.39. The zero-order chi connectivity index (χ0) is 12.5. The normalized spacial score (nSPS) is 12.5. The molecule has 17 heavy (non-hydrogen) atoms. The summed E-state index contributed by atoms with van der Waals surface area (Å²) in [5.41, 5.74) is 1.13. The molecule has 1 heterocycles. The van der Waals surface area contributed by atoms with Crippen LogP contribution in [0.15, 0.2) is 28.6 Å². The van der Waals surface area contributed by atoms with Gasteiger partial charge in [0.15, 0.2) is 4.34 Å². The number of hydrogen-bond donors (Lipinski definition) is 0. The SMILES string of the molecule is CC(C)CC(C)(C)Sc1nc2ccccc2s1. The minimum atomic E-state index is 0.266. The summed E-state index contributed by atoms with van der Waals surface area (Å²) in [5.74, 6) is 0.729. The van der Waals surface area contributed by atoms with Gasteiger partial charge in [-0.05, 0) is 24.5 Å². The van der Waals surface area contributed by atoms with Gasteiger partial charge < -0.3 is 0 Å². The average molecular weight is 265 g/mol. The predicted octanol–water partition coefficient (Wildman–Crippen LogP) is 5.21. The molecular formula is C14H19NS2. The first-order valence-corrected chi connectivity index (χ1v) is 7.64. The monoisotopic (exact) mass is 265 g/mol. The molecule has 3 heteroatoms. The Morgan fingerprint density at radius 2 is 2.00 bits per heavy atom. The van der Waals surface area contributed by atoms with Crippen molar-refractivity contribution < 1.29 is 0 Å². The third-order valence-electron chi connectivity index (χ3n) is 2.54. The molecule has 2 aromatic rings. The molecule has 2 rings (SSSR count). The van der Waals surface area contributed by atoms with E-state index < -0.39 is 0 Å². The number of aromatic nitrogens is 1. The van der Waals surface area contributed by atoms with E-state index in [1.54, 1.807) is 11.3 Å². The highest BCUT2D eigenvalue weighted by Crippen LogP contribution is 2.40. The maximum atomic E-state index is 4.69. The van der Waals surface area contributed by atoms with Gasteiger partial charge in [-0.3, -0.25) is 0 Å². The van der Waals surface area contributed by atoms with Crippen LogP contribution in [0, 0.1) is 5.92 Å². The number of thioether (sulfide) groups is 1. The maximum Gasteiger partial charge on any atom is 0.151 e. The minimum absolute atomic E-state index is 0.266. The van der Waals surface area contributed by atoms with E-state index in [4.69, 9.17) is 0 Å². The fourth-order valence-electron chi connectivity index (χ4n) is 2.16. The molecule has 92 valence electrons. The van der Waals surface area contributed by atoms with Gasteiger partial charge in [-0.1, -0.05) is 51.6 Å². The number of thiazole rings is 1. The molecule has 0 saturated heterocycles. The van der Waals surface area contributed by atoms with Crippen LogP contribution in [0.2, 0.25) is 0 Å². The van der Waals surface area contributed by atoms with Crippen molar-refractivity contribution in [3.8, 4) is 0 Å². The fourth-order valence-corrected chi connectivity index (χ4v) is 5.00. The first-order chi connectivity index (χ1) is 7.96. The smallest absolute Gasteiger partial charge is 0.151 e. The van der Waals surface area contributed by atoms with E-state index in [2.05, 4.69) is 56.9 Å². The van der Waals surface area contributed by atoms with Crippen molar-refractivity contribution in [2.24, 2.45) is 5.92 Å². The van der Waals surface area contributed by atoms with Crippen molar-refractivity contribution in [1.82, 2.24) is 4.98 Å². The van der Waals surface area contributed by atoms with Crippen LogP contribution in [-0.2, 0) is 0 Å². The molecule has 0 bridgehead atoms. The van der Waals surface area contributed by atoms with Crippen LogP contribution in [0.1, 0.15) is 34.1 Å². The summed E-state index contributed by atoms with van der Waals surface area (Å²) in [6.07, 6.45) is 1.22. The molecule has 0 fully saturated rings. The Morgan fingerprint density at radius 1 is 1.29 bits per heavy atom. The molecule has 0 atom stereocenters. The quantitative estimate of drug-likeness (QED) is 0.704.